The zero-order valence-electron chi connectivity index (χ0n) is 9.74. The van der Waals surface area contributed by atoms with Crippen molar-refractivity contribution in [1.29, 1.82) is 0 Å². The highest BCUT2D eigenvalue weighted by Gasteiger charge is 2.23. The van der Waals surface area contributed by atoms with Crippen molar-refractivity contribution in [2.24, 2.45) is 0 Å². The molecule has 1 aromatic rings. The fourth-order valence-corrected chi connectivity index (χ4v) is 2.13. The Morgan fingerprint density at radius 2 is 2.06 bits per heavy atom. The van der Waals surface area contributed by atoms with Gasteiger partial charge in [0, 0.05) is 11.0 Å². The second-order valence-electron chi connectivity index (χ2n) is 3.86. The minimum atomic E-state index is -0.254. The van der Waals surface area contributed by atoms with Crippen LogP contribution >= 0.6 is 15.9 Å². The van der Waals surface area contributed by atoms with Crippen LogP contribution in [0.15, 0.2) is 28.7 Å². The number of benzene rings is 1. The molecule has 4 heteroatoms. The molecule has 0 spiro atoms. The summed E-state index contributed by atoms with van der Waals surface area (Å²) in [6, 6.07) is 7.72. The number of likely N-dealkylation sites (N-methyl/N-ethyl adjacent to an activating group) is 1. The van der Waals surface area contributed by atoms with Crippen LogP contribution in [0.3, 0.4) is 0 Å². The second kappa shape index (κ2) is 6.01. The molecule has 1 unspecified atom stereocenters. The van der Waals surface area contributed by atoms with E-state index in [-0.39, 0.29) is 11.9 Å². The van der Waals surface area contributed by atoms with Crippen LogP contribution in [0.4, 0.5) is 0 Å². The van der Waals surface area contributed by atoms with Gasteiger partial charge in [-0.2, -0.15) is 0 Å². The lowest BCUT2D eigenvalue weighted by Crippen LogP contribution is -2.27. The Hall–Kier alpha value is -0.870. The Kier molecular flexibility index (Phi) is 4.96. The molecule has 0 aliphatic rings. The Bertz CT molecular complexity index is 366. The van der Waals surface area contributed by atoms with Crippen molar-refractivity contribution in [3.63, 3.8) is 0 Å². The molecule has 0 aromatic heterocycles. The van der Waals surface area contributed by atoms with Gasteiger partial charge in [-0.25, -0.2) is 0 Å². The van der Waals surface area contributed by atoms with E-state index < -0.39 is 0 Å². The highest BCUT2D eigenvalue weighted by molar-refractivity contribution is 9.10. The van der Waals surface area contributed by atoms with E-state index in [4.69, 9.17) is 4.74 Å². The SMILES string of the molecule is COC(=O)C(CN(C)C)c1ccccc1Br. The summed E-state index contributed by atoms with van der Waals surface area (Å²) in [6.45, 7) is 0.634. The zero-order chi connectivity index (χ0) is 12.1. The van der Waals surface area contributed by atoms with Gasteiger partial charge in [-0.15, -0.1) is 0 Å². The van der Waals surface area contributed by atoms with E-state index in [1.54, 1.807) is 0 Å². The van der Waals surface area contributed by atoms with Gasteiger partial charge in [-0.1, -0.05) is 34.1 Å². The number of esters is 1. The Morgan fingerprint density at radius 3 is 2.56 bits per heavy atom. The molecule has 0 radical (unpaired) electrons. The van der Waals surface area contributed by atoms with Crippen molar-refractivity contribution in [2.45, 2.75) is 5.92 Å². The summed E-state index contributed by atoms with van der Waals surface area (Å²) in [6.07, 6.45) is 0. The average molecular weight is 286 g/mol. The molecule has 0 amide bonds. The van der Waals surface area contributed by atoms with Gasteiger partial charge in [-0.3, -0.25) is 4.79 Å². The highest BCUT2D eigenvalue weighted by Crippen LogP contribution is 2.26. The molecular weight excluding hydrogens is 270 g/mol. The predicted molar refractivity (Wildman–Crippen MR) is 67.5 cm³/mol. The molecule has 0 bridgehead atoms. The number of carbonyl (C=O) groups excluding carboxylic acids is 1. The standard InChI is InChI=1S/C12H16BrNO2/c1-14(2)8-10(12(15)16-3)9-6-4-5-7-11(9)13/h4-7,10H,8H2,1-3H3. The zero-order valence-corrected chi connectivity index (χ0v) is 11.3. The number of halogens is 1. The van der Waals surface area contributed by atoms with Crippen molar-refractivity contribution >= 4 is 21.9 Å². The van der Waals surface area contributed by atoms with E-state index in [2.05, 4.69) is 15.9 Å². The van der Waals surface area contributed by atoms with Crippen LogP contribution in [-0.2, 0) is 9.53 Å². The molecule has 1 rings (SSSR count). The van der Waals surface area contributed by atoms with Gasteiger partial charge in [0.2, 0.25) is 0 Å². The molecule has 0 heterocycles. The van der Waals surface area contributed by atoms with E-state index in [0.29, 0.717) is 6.54 Å². The van der Waals surface area contributed by atoms with E-state index in [0.717, 1.165) is 10.0 Å². The first kappa shape index (κ1) is 13.2. The van der Waals surface area contributed by atoms with Crippen LogP contribution in [0.5, 0.6) is 0 Å². The van der Waals surface area contributed by atoms with E-state index in [1.165, 1.54) is 7.11 Å². The molecule has 88 valence electrons. The molecule has 0 saturated carbocycles. The first-order valence-electron chi connectivity index (χ1n) is 5.03. The summed E-state index contributed by atoms with van der Waals surface area (Å²) in [5.41, 5.74) is 0.961. The number of hydrogen-bond donors (Lipinski definition) is 0. The lowest BCUT2D eigenvalue weighted by Gasteiger charge is -2.20. The van der Waals surface area contributed by atoms with E-state index in [1.807, 2.05) is 43.3 Å². The average Bonchev–Trinajstić information content (AvgIpc) is 2.26. The third-order valence-corrected chi connectivity index (χ3v) is 3.04. The molecule has 0 saturated heterocycles. The van der Waals surface area contributed by atoms with E-state index in [9.17, 15) is 4.79 Å². The van der Waals surface area contributed by atoms with E-state index >= 15 is 0 Å². The third-order valence-electron chi connectivity index (χ3n) is 2.31. The van der Waals surface area contributed by atoms with Gasteiger partial charge in [0.15, 0.2) is 0 Å². The van der Waals surface area contributed by atoms with Gasteiger partial charge >= 0.3 is 5.97 Å². The van der Waals surface area contributed by atoms with Crippen molar-refractivity contribution in [1.82, 2.24) is 4.90 Å². The van der Waals surface area contributed by atoms with Crippen molar-refractivity contribution in [3.8, 4) is 0 Å². The van der Waals surface area contributed by atoms with Crippen molar-refractivity contribution < 1.29 is 9.53 Å². The predicted octanol–water partition coefficient (Wildman–Crippen LogP) is 2.27. The number of rotatable bonds is 4. The molecule has 3 nitrogen and oxygen atoms in total. The molecular formula is C12H16BrNO2. The van der Waals surface area contributed by atoms with Crippen LogP contribution in [0, 0.1) is 0 Å². The summed E-state index contributed by atoms with van der Waals surface area (Å²) in [5, 5.41) is 0. The maximum Gasteiger partial charge on any atom is 0.314 e. The minimum Gasteiger partial charge on any atom is -0.469 e. The number of carbonyl (C=O) groups is 1. The fourth-order valence-electron chi connectivity index (χ4n) is 1.56. The van der Waals surface area contributed by atoms with Gasteiger partial charge in [0.1, 0.15) is 0 Å². The van der Waals surface area contributed by atoms with Gasteiger partial charge in [0.25, 0.3) is 0 Å². The Morgan fingerprint density at radius 1 is 1.44 bits per heavy atom. The molecule has 0 aliphatic carbocycles. The van der Waals surface area contributed by atoms with Crippen molar-refractivity contribution in [2.75, 3.05) is 27.7 Å². The molecule has 1 aromatic carbocycles. The normalized spacial score (nSPS) is 12.6. The first-order chi connectivity index (χ1) is 7.56. The number of ether oxygens (including phenoxy) is 1. The van der Waals surface area contributed by atoms with Crippen LogP contribution < -0.4 is 0 Å². The lowest BCUT2D eigenvalue weighted by atomic mass is 9.99. The minimum absolute atomic E-state index is 0.208. The first-order valence-corrected chi connectivity index (χ1v) is 5.82. The van der Waals surface area contributed by atoms with Gasteiger partial charge in [-0.05, 0) is 25.7 Å². The number of hydrogen-bond acceptors (Lipinski definition) is 3. The Labute approximate surface area is 105 Å². The van der Waals surface area contributed by atoms with Gasteiger partial charge in [0.05, 0.1) is 13.0 Å². The fraction of sp³-hybridized carbons (Fsp3) is 0.417. The number of methoxy groups -OCH3 is 1. The summed E-state index contributed by atoms with van der Waals surface area (Å²) in [7, 11) is 5.29. The van der Waals surface area contributed by atoms with Crippen LogP contribution in [0.25, 0.3) is 0 Å². The monoisotopic (exact) mass is 285 g/mol. The summed E-state index contributed by atoms with van der Waals surface area (Å²) in [4.78, 5) is 13.7. The highest BCUT2D eigenvalue weighted by atomic mass is 79.9. The Balaban J connectivity index is 3.01. The summed E-state index contributed by atoms with van der Waals surface area (Å²) in [5.74, 6) is -0.462. The van der Waals surface area contributed by atoms with Gasteiger partial charge < -0.3 is 9.64 Å². The van der Waals surface area contributed by atoms with Crippen LogP contribution in [-0.4, -0.2) is 38.6 Å². The van der Waals surface area contributed by atoms with Crippen LogP contribution in [0.1, 0.15) is 11.5 Å². The molecule has 0 fully saturated rings. The molecule has 16 heavy (non-hydrogen) atoms. The molecule has 0 aliphatic heterocycles. The summed E-state index contributed by atoms with van der Waals surface area (Å²) >= 11 is 3.46. The smallest absolute Gasteiger partial charge is 0.314 e. The third kappa shape index (κ3) is 3.32. The largest absolute Gasteiger partial charge is 0.469 e. The maximum atomic E-state index is 11.7. The second-order valence-corrected chi connectivity index (χ2v) is 4.71. The molecule has 0 N–H and O–H groups in total. The quantitative estimate of drug-likeness (QED) is 0.795. The van der Waals surface area contributed by atoms with Crippen LogP contribution in [0.2, 0.25) is 0 Å². The van der Waals surface area contributed by atoms with Crippen molar-refractivity contribution in [3.05, 3.63) is 34.3 Å². The maximum absolute atomic E-state index is 11.7. The summed E-state index contributed by atoms with van der Waals surface area (Å²) < 4.78 is 5.77. The number of nitrogens with zero attached hydrogens (tertiary/aromatic N) is 1. The lowest BCUT2D eigenvalue weighted by molar-refractivity contribution is -0.142. The molecule has 1 atom stereocenters. The topological polar surface area (TPSA) is 29.5 Å².